The summed E-state index contributed by atoms with van der Waals surface area (Å²) in [7, 11) is 1.55. The van der Waals surface area contributed by atoms with Gasteiger partial charge in [0.15, 0.2) is 5.16 Å². The monoisotopic (exact) mass is 478 g/mol. The first-order chi connectivity index (χ1) is 16.0. The van der Waals surface area contributed by atoms with Crippen molar-refractivity contribution in [1.29, 1.82) is 0 Å². The maximum absolute atomic E-state index is 13.4. The molecule has 0 bridgehead atoms. The van der Waals surface area contributed by atoms with E-state index in [0.29, 0.717) is 28.2 Å². The van der Waals surface area contributed by atoms with Crippen molar-refractivity contribution in [3.8, 4) is 5.75 Å². The molecule has 1 amide bonds. The van der Waals surface area contributed by atoms with Crippen LogP contribution in [0.25, 0.3) is 0 Å². The molecule has 0 saturated heterocycles. The fourth-order valence-electron chi connectivity index (χ4n) is 3.35. The molecule has 4 rings (SSSR count). The molecular weight excluding hydrogens is 456 g/mol. The number of methoxy groups -OCH3 is 1. The molecule has 4 aromatic rings. The number of carbonyl (C=O) groups excluding carboxylic acids is 1. The van der Waals surface area contributed by atoms with Crippen LogP contribution in [0.2, 0.25) is 5.02 Å². The van der Waals surface area contributed by atoms with Crippen LogP contribution in [-0.2, 0) is 11.3 Å². The van der Waals surface area contributed by atoms with E-state index < -0.39 is 5.25 Å². The van der Waals surface area contributed by atoms with Gasteiger partial charge in [0, 0.05) is 5.69 Å². The molecule has 1 N–H and O–H groups in total. The standard InChI is InChI=1S/C25H23ClN4O2S/c1-17-28-29-25(30(17)16-18-9-5-3-6-10-18)33-23(19-11-7-4-8-12-19)24(31)27-20-13-14-22(32-2)21(26)15-20/h3-15,23H,16H2,1-2H3,(H,27,31)/t23-/m0/s1. The average molecular weight is 479 g/mol. The Morgan fingerprint density at radius 3 is 2.42 bits per heavy atom. The number of carbonyl (C=O) groups is 1. The minimum Gasteiger partial charge on any atom is -0.495 e. The molecule has 0 aliphatic carbocycles. The second-order valence-corrected chi connectivity index (χ2v) is 8.83. The zero-order valence-corrected chi connectivity index (χ0v) is 19.8. The van der Waals surface area contributed by atoms with Crippen LogP contribution >= 0.6 is 23.4 Å². The number of aryl methyl sites for hydroxylation is 1. The Morgan fingerprint density at radius 2 is 1.76 bits per heavy atom. The summed E-state index contributed by atoms with van der Waals surface area (Å²) >= 11 is 7.60. The van der Waals surface area contributed by atoms with E-state index in [0.717, 1.165) is 17.0 Å². The van der Waals surface area contributed by atoms with Crippen molar-refractivity contribution in [3.63, 3.8) is 0 Å². The SMILES string of the molecule is COc1ccc(NC(=O)[C@@H](Sc2nnc(C)n2Cc2ccccc2)c2ccccc2)cc1Cl. The van der Waals surface area contributed by atoms with Gasteiger partial charge in [0.1, 0.15) is 16.8 Å². The Kier molecular flexibility index (Phi) is 7.32. The van der Waals surface area contributed by atoms with E-state index >= 15 is 0 Å². The molecular formula is C25H23ClN4O2S. The maximum Gasteiger partial charge on any atom is 0.242 e. The lowest BCUT2D eigenvalue weighted by atomic mass is 10.1. The number of thioether (sulfide) groups is 1. The largest absolute Gasteiger partial charge is 0.495 e. The number of hydrogen-bond acceptors (Lipinski definition) is 5. The smallest absolute Gasteiger partial charge is 0.242 e. The summed E-state index contributed by atoms with van der Waals surface area (Å²) in [6.07, 6.45) is 0. The zero-order chi connectivity index (χ0) is 23.2. The van der Waals surface area contributed by atoms with Crippen LogP contribution in [0.5, 0.6) is 5.75 Å². The van der Waals surface area contributed by atoms with Gasteiger partial charge >= 0.3 is 0 Å². The topological polar surface area (TPSA) is 69.0 Å². The molecule has 0 fully saturated rings. The number of amides is 1. The van der Waals surface area contributed by atoms with Crippen molar-refractivity contribution in [3.05, 3.63) is 101 Å². The molecule has 0 spiro atoms. The summed E-state index contributed by atoms with van der Waals surface area (Å²) in [6, 6.07) is 24.9. The van der Waals surface area contributed by atoms with Gasteiger partial charge in [0.2, 0.25) is 5.91 Å². The Balaban J connectivity index is 1.61. The molecule has 33 heavy (non-hydrogen) atoms. The first-order valence-corrected chi connectivity index (χ1v) is 11.6. The van der Waals surface area contributed by atoms with Crippen LogP contribution in [0.4, 0.5) is 5.69 Å². The first-order valence-electron chi connectivity index (χ1n) is 10.3. The maximum atomic E-state index is 13.4. The van der Waals surface area contributed by atoms with Gasteiger partial charge in [-0.1, -0.05) is 84.0 Å². The van der Waals surface area contributed by atoms with Gasteiger partial charge in [-0.2, -0.15) is 0 Å². The summed E-state index contributed by atoms with van der Waals surface area (Å²) < 4.78 is 7.22. The lowest BCUT2D eigenvalue weighted by Crippen LogP contribution is -2.19. The molecule has 0 unspecified atom stereocenters. The van der Waals surface area contributed by atoms with E-state index in [1.165, 1.54) is 11.8 Å². The van der Waals surface area contributed by atoms with Crippen molar-refractivity contribution in [2.75, 3.05) is 12.4 Å². The van der Waals surface area contributed by atoms with Gasteiger partial charge in [-0.25, -0.2) is 0 Å². The molecule has 6 nitrogen and oxygen atoms in total. The molecule has 1 aromatic heterocycles. The fraction of sp³-hybridized carbons (Fsp3) is 0.160. The van der Waals surface area contributed by atoms with Gasteiger partial charge in [-0.05, 0) is 36.2 Å². The highest BCUT2D eigenvalue weighted by Crippen LogP contribution is 2.36. The number of nitrogens with zero attached hydrogens (tertiary/aromatic N) is 3. The third-order valence-electron chi connectivity index (χ3n) is 5.07. The average Bonchev–Trinajstić information content (AvgIpc) is 3.17. The predicted molar refractivity (Wildman–Crippen MR) is 132 cm³/mol. The van der Waals surface area contributed by atoms with Gasteiger partial charge in [0.25, 0.3) is 0 Å². The number of anilines is 1. The summed E-state index contributed by atoms with van der Waals surface area (Å²) in [5, 5.41) is 12.2. The Labute approximate surface area is 202 Å². The van der Waals surface area contributed by atoms with E-state index in [4.69, 9.17) is 16.3 Å². The fourth-order valence-corrected chi connectivity index (χ4v) is 4.69. The van der Waals surface area contributed by atoms with E-state index in [1.807, 2.05) is 60.0 Å². The van der Waals surface area contributed by atoms with Gasteiger partial charge in [-0.15, -0.1) is 10.2 Å². The minimum absolute atomic E-state index is 0.181. The molecule has 1 atom stereocenters. The first kappa shape index (κ1) is 22.9. The minimum atomic E-state index is -0.537. The molecule has 168 valence electrons. The predicted octanol–water partition coefficient (Wildman–Crippen LogP) is 5.77. The number of rotatable bonds is 8. The van der Waals surface area contributed by atoms with Crippen LogP contribution in [-0.4, -0.2) is 27.8 Å². The summed E-state index contributed by atoms with van der Waals surface area (Å²) in [5.74, 6) is 1.16. The van der Waals surface area contributed by atoms with Gasteiger partial charge < -0.3 is 14.6 Å². The zero-order valence-electron chi connectivity index (χ0n) is 18.2. The highest BCUT2D eigenvalue weighted by molar-refractivity contribution is 8.00. The summed E-state index contributed by atoms with van der Waals surface area (Å²) in [4.78, 5) is 13.4. The molecule has 3 aromatic carbocycles. The molecule has 0 aliphatic rings. The molecule has 0 aliphatic heterocycles. The quantitative estimate of drug-likeness (QED) is 0.325. The lowest BCUT2D eigenvalue weighted by Gasteiger charge is -2.18. The Morgan fingerprint density at radius 1 is 1.06 bits per heavy atom. The van der Waals surface area contributed by atoms with Crippen molar-refractivity contribution in [2.24, 2.45) is 0 Å². The number of aromatic nitrogens is 3. The highest BCUT2D eigenvalue weighted by Gasteiger charge is 2.25. The second kappa shape index (κ2) is 10.6. The summed E-state index contributed by atoms with van der Waals surface area (Å²) in [5.41, 5.74) is 2.59. The van der Waals surface area contributed by atoms with Gasteiger partial charge in [0.05, 0.1) is 18.7 Å². The normalized spacial score (nSPS) is 11.7. The summed E-state index contributed by atoms with van der Waals surface area (Å²) in [6.45, 7) is 2.54. The third kappa shape index (κ3) is 5.56. The molecule has 0 saturated carbocycles. The van der Waals surface area contributed by atoms with Crippen molar-refractivity contribution in [1.82, 2.24) is 14.8 Å². The number of nitrogens with one attached hydrogen (secondary N) is 1. The Bertz CT molecular complexity index is 1230. The lowest BCUT2D eigenvalue weighted by molar-refractivity contribution is -0.115. The van der Waals surface area contributed by atoms with Crippen LogP contribution < -0.4 is 10.1 Å². The van der Waals surface area contributed by atoms with E-state index in [9.17, 15) is 4.79 Å². The van der Waals surface area contributed by atoms with E-state index in [1.54, 1.807) is 25.3 Å². The number of benzene rings is 3. The van der Waals surface area contributed by atoms with Gasteiger partial charge in [-0.3, -0.25) is 4.79 Å². The number of ether oxygens (including phenoxy) is 1. The van der Waals surface area contributed by atoms with E-state index in [-0.39, 0.29) is 5.91 Å². The number of halogens is 1. The number of hydrogen-bond donors (Lipinski definition) is 1. The van der Waals surface area contributed by atoms with Crippen LogP contribution in [0.15, 0.2) is 84.0 Å². The molecule has 0 radical (unpaired) electrons. The van der Waals surface area contributed by atoms with Crippen molar-refractivity contribution in [2.45, 2.75) is 23.9 Å². The van der Waals surface area contributed by atoms with Crippen LogP contribution in [0.3, 0.4) is 0 Å². The van der Waals surface area contributed by atoms with Crippen LogP contribution in [0.1, 0.15) is 22.2 Å². The highest BCUT2D eigenvalue weighted by atomic mass is 35.5. The molecule has 1 heterocycles. The third-order valence-corrected chi connectivity index (χ3v) is 6.60. The second-order valence-electron chi connectivity index (χ2n) is 7.35. The van der Waals surface area contributed by atoms with Crippen LogP contribution in [0, 0.1) is 6.92 Å². The Hall–Kier alpha value is -3.29. The van der Waals surface area contributed by atoms with E-state index in [2.05, 4.69) is 27.6 Å². The molecule has 8 heteroatoms. The van der Waals surface area contributed by atoms with Crippen molar-refractivity contribution >= 4 is 35.0 Å². The van der Waals surface area contributed by atoms with Crippen molar-refractivity contribution < 1.29 is 9.53 Å².